The third-order valence-electron chi connectivity index (χ3n) is 2.39. The lowest BCUT2D eigenvalue weighted by Gasteiger charge is -2.12. The van der Waals surface area contributed by atoms with E-state index in [1.165, 1.54) is 4.90 Å². The molecule has 0 spiro atoms. The minimum atomic E-state index is -0.0843. The maximum atomic E-state index is 11.7. The number of hydrogen-bond donors (Lipinski definition) is 2. The van der Waals surface area contributed by atoms with Crippen LogP contribution in [0, 0.1) is 0 Å². The van der Waals surface area contributed by atoms with Crippen molar-refractivity contribution >= 4 is 11.6 Å². The number of carbonyl (C=O) groups excluding carboxylic acids is 1. The van der Waals surface area contributed by atoms with Gasteiger partial charge in [0, 0.05) is 45.1 Å². The minimum Gasteiger partial charge on any atom is -0.384 e. The molecule has 1 aromatic rings. The van der Waals surface area contributed by atoms with Crippen LogP contribution in [0.3, 0.4) is 0 Å². The summed E-state index contributed by atoms with van der Waals surface area (Å²) in [7, 11) is 3.44. The van der Waals surface area contributed by atoms with Crippen molar-refractivity contribution in [3.05, 3.63) is 24.0 Å². The molecule has 100 valence electrons. The Bertz CT molecular complexity index is 390. The molecule has 0 atom stereocenters. The van der Waals surface area contributed by atoms with Gasteiger partial charge in [0.15, 0.2) is 0 Å². The second kappa shape index (κ2) is 6.96. The Kier molecular flexibility index (Phi) is 5.58. The summed E-state index contributed by atoms with van der Waals surface area (Å²) < 4.78 is 0. The number of nitrogens with one attached hydrogen (secondary N) is 2. The molecule has 0 aliphatic heterocycles. The molecule has 0 aromatic carbocycles. The van der Waals surface area contributed by atoms with Gasteiger partial charge in [0.2, 0.25) is 0 Å². The fourth-order valence-electron chi connectivity index (χ4n) is 1.45. The zero-order chi connectivity index (χ0) is 13.5. The van der Waals surface area contributed by atoms with Gasteiger partial charge in [-0.3, -0.25) is 9.78 Å². The zero-order valence-electron chi connectivity index (χ0n) is 11.5. The molecule has 2 N–H and O–H groups in total. The lowest BCUT2D eigenvalue weighted by atomic mass is 10.3. The highest BCUT2D eigenvalue weighted by Crippen LogP contribution is 2.08. The molecule has 18 heavy (non-hydrogen) atoms. The third kappa shape index (κ3) is 4.71. The molecule has 1 heterocycles. The largest absolute Gasteiger partial charge is 0.384 e. The van der Waals surface area contributed by atoms with Crippen molar-refractivity contribution in [2.75, 3.05) is 32.5 Å². The first-order chi connectivity index (χ1) is 8.50. The van der Waals surface area contributed by atoms with Gasteiger partial charge in [-0.15, -0.1) is 0 Å². The fraction of sp³-hybridized carbons (Fsp3) is 0.538. The predicted molar refractivity (Wildman–Crippen MR) is 73.9 cm³/mol. The maximum Gasteiger partial charge on any atom is 0.272 e. The molecule has 1 amide bonds. The first-order valence-corrected chi connectivity index (χ1v) is 6.15. The number of hydrogen-bond acceptors (Lipinski definition) is 4. The van der Waals surface area contributed by atoms with Crippen LogP contribution < -0.4 is 10.6 Å². The maximum absolute atomic E-state index is 11.7. The molecule has 1 rings (SSSR count). The van der Waals surface area contributed by atoms with E-state index >= 15 is 0 Å². The highest BCUT2D eigenvalue weighted by atomic mass is 16.2. The summed E-state index contributed by atoms with van der Waals surface area (Å²) in [4.78, 5) is 17.3. The smallest absolute Gasteiger partial charge is 0.272 e. The van der Waals surface area contributed by atoms with Crippen molar-refractivity contribution in [3.8, 4) is 0 Å². The lowest BCUT2D eigenvalue weighted by Crippen LogP contribution is -2.28. The van der Waals surface area contributed by atoms with E-state index < -0.39 is 0 Å². The summed E-state index contributed by atoms with van der Waals surface area (Å²) in [6, 6.07) is 4.12. The zero-order valence-corrected chi connectivity index (χ0v) is 11.5. The van der Waals surface area contributed by atoms with Crippen LogP contribution in [0.4, 0.5) is 5.69 Å². The second-order valence-electron chi connectivity index (χ2n) is 4.66. The number of rotatable bonds is 6. The van der Waals surface area contributed by atoms with Crippen molar-refractivity contribution in [1.82, 2.24) is 15.2 Å². The molecule has 5 heteroatoms. The Balaban J connectivity index is 2.52. The number of nitrogens with zero attached hydrogens (tertiary/aromatic N) is 2. The normalized spacial score (nSPS) is 10.5. The highest BCUT2D eigenvalue weighted by molar-refractivity contribution is 5.92. The standard InChI is InChI=1S/C13H22N4O/c1-10(2)14-7-8-15-11-5-6-16-12(9-11)13(18)17(3)4/h5-6,9-10,14H,7-8H2,1-4H3,(H,15,16). The number of aromatic nitrogens is 1. The van der Waals surface area contributed by atoms with Crippen LogP contribution in [0.1, 0.15) is 24.3 Å². The number of anilines is 1. The fourth-order valence-corrected chi connectivity index (χ4v) is 1.45. The SMILES string of the molecule is CC(C)NCCNc1ccnc(C(=O)N(C)C)c1. The first kappa shape index (κ1) is 14.4. The van der Waals surface area contributed by atoms with Crippen molar-refractivity contribution in [1.29, 1.82) is 0 Å². The van der Waals surface area contributed by atoms with E-state index in [9.17, 15) is 4.79 Å². The molecular formula is C13H22N4O. The molecule has 0 aliphatic carbocycles. The third-order valence-corrected chi connectivity index (χ3v) is 2.39. The topological polar surface area (TPSA) is 57.3 Å². The molecule has 0 radical (unpaired) electrons. The molecule has 0 aliphatic rings. The predicted octanol–water partition coefficient (Wildman–Crippen LogP) is 1.19. The van der Waals surface area contributed by atoms with E-state index in [1.54, 1.807) is 26.4 Å². The lowest BCUT2D eigenvalue weighted by molar-refractivity contribution is 0.0822. The first-order valence-electron chi connectivity index (χ1n) is 6.15. The summed E-state index contributed by atoms with van der Waals surface area (Å²) in [6.45, 7) is 5.93. The van der Waals surface area contributed by atoms with Gasteiger partial charge in [-0.05, 0) is 12.1 Å². The molecule has 0 unspecified atom stereocenters. The van der Waals surface area contributed by atoms with E-state index in [0.717, 1.165) is 18.8 Å². The van der Waals surface area contributed by atoms with Crippen LogP contribution in [-0.2, 0) is 0 Å². The number of carbonyl (C=O) groups is 1. The van der Waals surface area contributed by atoms with Gasteiger partial charge in [0.1, 0.15) is 5.69 Å². The number of pyridine rings is 1. The van der Waals surface area contributed by atoms with Crippen LogP contribution in [0.2, 0.25) is 0 Å². The monoisotopic (exact) mass is 250 g/mol. The van der Waals surface area contributed by atoms with E-state index in [-0.39, 0.29) is 5.91 Å². The minimum absolute atomic E-state index is 0.0843. The van der Waals surface area contributed by atoms with Gasteiger partial charge in [-0.25, -0.2) is 0 Å². The summed E-state index contributed by atoms with van der Waals surface area (Å²) in [5.41, 5.74) is 1.38. The van der Waals surface area contributed by atoms with Crippen LogP contribution in [0.15, 0.2) is 18.3 Å². The van der Waals surface area contributed by atoms with E-state index in [0.29, 0.717) is 11.7 Å². The Hall–Kier alpha value is -1.62. The van der Waals surface area contributed by atoms with Gasteiger partial charge in [-0.1, -0.05) is 13.8 Å². The van der Waals surface area contributed by atoms with Crippen LogP contribution in [0.25, 0.3) is 0 Å². The molecule has 5 nitrogen and oxygen atoms in total. The van der Waals surface area contributed by atoms with E-state index in [4.69, 9.17) is 0 Å². The summed E-state index contributed by atoms with van der Waals surface area (Å²) in [5.74, 6) is -0.0843. The molecule has 0 bridgehead atoms. The average Bonchev–Trinajstić information content (AvgIpc) is 2.33. The van der Waals surface area contributed by atoms with Gasteiger partial charge < -0.3 is 15.5 Å². The molecule has 0 saturated heterocycles. The second-order valence-corrected chi connectivity index (χ2v) is 4.66. The van der Waals surface area contributed by atoms with Crippen LogP contribution in [-0.4, -0.2) is 49.0 Å². The highest BCUT2D eigenvalue weighted by Gasteiger charge is 2.09. The molecule has 1 aromatic heterocycles. The number of amides is 1. The summed E-state index contributed by atoms with van der Waals surface area (Å²) in [6.07, 6.45) is 1.65. The van der Waals surface area contributed by atoms with Crippen LogP contribution >= 0.6 is 0 Å². The Morgan fingerprint density at radius 2 is 2.11 bits per heavy atom. The average molecular weight is 250 g/mol. The van der Waals surface area contributed by atoms with Gasteiger partial charge >= 0.3 is 0 Å². The Morgan fingerprint density at radius 1 is 1.39 bits per heavy atom. The van der Waals surface area contributed by atoms with E-state index in [2.05, 4.69) is 29.5 Å². The van der Waals surface area contributed by atoms with Crippen LogP contribution in [0.5, 0.6) is 0 Å². The molecule has 0 fully saturated rings. The summed E-state index contributed by atoms with van der Waals surface area (Å²) in [5, 5.41) is 6.58. The Morgan fingerprint density at radius 3 is 2.72 bits per heavy atom. The molecule has 0 saturated carbocycles. The van der Waals surface area contributed by atoms with Crippen molar-refractivity contribution < 1.29 is 4.79 Å². The van der Waals surface area contributed by atoms with E-state index in [1.807, 2.05) is 6.07 Å². The summed E-state index contributed by atoms with van der Waals surface area (Å²) >= 11 is 0. The van der Waals surface area contributed by atoms with Crippen molar-refractivity contribution in [3.63, 3.8) is 0 Å². The van der Waals surface area contributed by atoms with Gasteiger partial charge in [0.05, 0.1) is 0 Å². The van der Waals surface area contributed by atoms with Crippen molar-refractivity contribution in [2.24, 2.45) is 0 Å². The Labute approximate surface area is 109 Å². The quantitative estimate of drug-likeness (QED) is 0.745. The molecular weight excluding hydrogens is 228 g/mol. The van der Waals surface area contributed by atoms with Gasteiger partial charge in [0.25, 0.3) is 5.91 Å². The van der Waals surface area contributed by atoms with Gasteiger partial charge in [-0.2, -0.15) is 0 Å². The van der Waals surface area contributed by atoms with Crippen molar-refractivity contribution in [2.45, 2.75) is 19.9 Å².